The van der Waals surface area contributed by atoms with E-state index in [-0.39, 0.29) is 4.80 Å². The molecule has 0 spiro atoms. The summed E-state index contributed by atoms with van der Waals surface area (Å²) in [5, 5.41) is 8.44. The van der Waals surface area contributed by atoms with Gasteiger partial charge in [0.15, 0.2) is 0 Å². The van der Waals surface area contributed by atoms with E-state index in [1.165, 1.54) is 21.1 Å². The second-order valence-electron chi connectivity index (χ2n) is 3.17. The molecular formula is C5H11N5O4S3. The smallest absolute Gasteiger partial charge is 0.239 e. The summed E-state index contributed by atoms with van der Waals surface area (Å²) in [5.41, 5.74) is 0. The van der Waals surface area contributed by atoms with Crippen molar-refractivity contribution in [3.05, 3.63) is 4.80 Å². The van der Waals surface area contributed by atoms with E-state index < -0.39 is 24.6 Å². The number of hydrogen-bond acceptors (Lipinski definition) is 6. The highest BCUT2D eigenvalue weighted by atomic mass is 32.2. The van der Waals surface area contributed by atoms with E-state index in [9.17, 15) is 16.8 Å². The number of nitrogens with two attached hydrogens (primary N) is 1. The quantitative estimate of drug-likeness (QED) is 0.680. The van der Waals surface area contributed by atoms with Crippen molar-refractivity contribution in [2.24, 2.45) is 16.6 Å². The number of nitrogens with zero attached hydrogens (tertiary/aromatic N) is 4. The lowest BCUT2D eigenvalue weighted by molar-refractivity contribution is 0.520. The Balaban J connectivity index is 3.46. The van der Waals surface area contributed by atoms with E-state index in [1.807, 2.05) is 0 Å². The van der Waals surface area contributed by atoms with Crippen molar-refractivity contribution in [2.75, 3.05) is 14.1 Å². The van der Waals surface area contributed by atoms with E-state index in [4.69, 9.17) is 5.14 Å². The van der Waals surface area contributed by atoms with Crippen molar-refractivity contribution in [3.63, 3.8) is 0 Å². The molecule has 1 aromatic rings. The number of aryl methyl sites for hydroxylation is 1. The lowest BCUT2D eigenvalue weighted by Gasteiger charge is -2.03. The second kappa shape index (κ2) is 4.45. The van der Waals surface area contributed by atoms with Crippen LogP contribution in [0.25, 0.3) is 0 Å². The molecule has 0 radical (unpaired) electrons. The van der Waals surface area contributed by atoms with Crippen LogP contribution in [0.15, 0.2) is 8.74 Å². The summed E-state index contributed by atoms with van der Waals surface area (Å²) < 4.78 is 49.9. The molecule has 0 saturated carbocycles. The fraction of sp³-hybridized carbons (Fsp3) is 0.600. The summed E-state index contributed by atoms with van der Waals surface area (Å²) >= 11 is 0.577. The molecule has 0 bridgehead atoms. The van der Waals surface area contributed by atoms with Crippen molar-refractivity contribution < 1.29 is 16.8 Å². The lowest BCUT2D eigenvalue weighted by Crippen LogP contribution is -2.24. The first-order valence-corrected chi connectivity index (χ1v) is 7.85. The minimum Gasteiger partial charge on any atom is -0.239 e. The maximum Gasteiger partial charge on any atom is 0.324 e. The third kappa shape index (κ3) is 3.32. The number of rotatable bonds is 3. The van der Waals surface area contributed by atoms with Crippen LogP contribution >= 0.6 is 11.3 Å². The van der Waals surface area contributed by atoms with Gasteiger partial charge in [-0.15, -0.1) is 9.50 Å². The maximum absolute atomic E-state index is 11.5. The van der Waals surface area contributed by atoms with Gasteiger partial charge in [-0.1, -0.05) is 11.3 Å². The van der Waals surface area contributed by atoms with Crippen molar-refractivity contribution >= 4 is 31.6 Å². The summed E-state index contributed by atoms with van der Waals surface area (Å²) in [5.74, 6) is 0. The molecule has 0 fully saturated rings. The molecule has 2 N–H and O–H groups in total. The van der Waals surface area contributed by atoms with Gasteiger partial charge in [0.2, 0.25) is 9.14 Å². The van der Waals surface area contributed by atoms with Gasteiger partial charge in [0.05, 0.1) is 0 Å². The van der Waals surface area contributed by atoms with Gasteiger partial charge < -0.3 is 0 Å². The monoisotopic (exact) mass is 301 g/mol. The number of sulfonamides is 1. The standard InChI is InChI=1S/C5H11N5O4S3/c1-9(2)17(13,14)8-4-10(3)7-5(15-4)16(6,11)12/h1-3H3,(H2,6,11,12)/b8-4-. The Morgan fingerprint density at radius 1 is 1.35 bits per heavy atom. The minimum absolute atomic E-state index is 0.0808. The van der Waals surface area contributed by atoms with Crippen LogP contribution < -0.4 is 9.94 Å². The first kappa shape index (κ1) is 14.2. The fourth-order valence-electron chi connectivity index (χ4n) is 0.703. The molecule has 9 nitrogen and oxygen atoms in total. The summed E-state index contributed by atoms with van der Waals surface area (Å²) in [7, 11) is -3.81. The molecule has 0 amide bonds. The fourth-order valence-corrected chi connectivity index (χ4v) is 3.03. The van der Waals surface area contributed by atoms with Crippen LogP contribution in [0.1, 0.15) is 0 Å². The molecule has 1 aromatic heterocycles. The van der Waals surface area contributed by atoms with E-state index in [0.29, 0.717) is 11.3 Å². The molecule has 0 aliphatic heterocycles. The molecule has 1 heterocycles. The van der Waals surface area contributed by atoms with E-state index in [1.54, 1.807) is 0 Å². The van der Waals surface area contributed by atoms with Gasteiger partial charge in [-0.05, 0) is 0 Å². The number of primary sulfonamides is 1. The molecule has 0 unspecified atom stereocenters. The first-order valence-electron chi connectivity index (χ1n) is 4.09. The molecule has 0 aliphatic rings. The van der Waals surface area contributed by atoms with Gasteiger partial charge in [0.1, 0.15) is 0 Å². The van der Waals surface area contributed by atoms with Gasteiger partial charge in [0, 0.05) is 21.1 Å². The summed E-state index contributed by atoms with van der Waals surface area (Å²) in [6, 6.07) is 0. The van der Waals surface area contributed by atoms with Gasteiger partial charge in [0.25, 0.3) is 10.0 Å². The van der Waals surface area contributed by atoms with Gasteiger partial charge in [-0.2, -0.15) is 12.7 Å². The Labute approximate surface area is 102 Å². The Morgan fingerprint density at radius 3 is 2.24 bits per heavy atom. The Hall–Kier alpha value is -0.820. The van der Waals surface area contributed by atoms with Crippen LogP contribution in [-0.2, 0) is 27.3 Å². The molecule has 0 saturated heterocycles. The van der Waals surface area contributed by atoms with Gasteiger partial charge in [-0.3, -0.25) is 0 Å². The Kier molecular flexibility index (Phi) is 3.73. The van der Waals surface area contributed by atoms with Crippen LogP contribution in [0.4, 0.5) is 0 Å². The normalized spacial score (nSPS) is 14.5. The molecule has 17 heavy (non-hydrogen) atoms. The van der Waals surface area contributed by atoms with Crippen molar-refractivity contribution in [1.29, 1.82) is 0 Å². The highest BCUT2D eigenvalue weighted by Crippen LogP contribution is 2.05. The zero-order chi connectivity index (χ0) is 13.4. The summed E-state index contributed by atoms with van der Waals surface area (Å²) in [6.07, 6.45) is 0. The molecule has 0 atom stereocenters. The summed E-state index contributed by atoms with van der Waals surface area (Å²) in [6.45, 7) is 0. The number of hydrogen-bond donors (Lipinski definition) is 1. The lowest BCUT2D eigenvalue weighted by atomic mass is 11.2. The van der Waals surface area contributed by atoms with Gasteiger partial charge >= 0.3 is 10.2 Å². The molecular weight excluding hydrogens is 290 g/mol. The maximum atomic E-state index is 11.5. The highest BCUT2D eigenvalue weighted by molar-refractivity contribution is 7.91. The molecule has 1 rings (SSSR count). The average molecular weight is 301 g/mol. The third-order valence-electron chi connectivity index (χ3n) is 1.59. The zero-order valence-corrected chi connectivity index (χ0v) is 11.7. The minimum atomic E-state index is -3.96. The predicted molar refractivity (Wildman–Crippen MR) is 60.6 cm³/mol. The third-order valence-corrected chi connectivity index (χ3v) is 5.34. The Bertz CT molecular complexity index is 679. The van der Waals surface area contributed by atoms with Gasteiger partial charge in [-0.25, -0.2) is 18.2 Å². The van der Waals surface area contributed by atoms with Crippen LogP contribution in [0, 0.1) is 0 Å². The summed E-state index contributed by atoms with van der Waals surface area (Å²) in [4.78, 5) is -0.0808. The van der Waals surface area contributed by atoms with Crippen LogP contribution in [0.3, 0.4) is 0 Å². The van der Waals surface area contributed by atoms with Crippen molar-refractivity contribution in [1.82, 2.24) is 14.1 Å². The van der Waals surface area contributed by atoms with Crippen LogP contribution in [0.5, 0.6) is 0 Å². The van der Waals surface area contributed by atoms with E-state index in [2.05, 4.69) is 9.50 Å². The molecule has 0 aliphatic carbocycles. The zero-order valence-electron chi connectivity index (χ0n) is 9.22. The first-order chi connectivity index (χ1) is 7.54. The predicted octanol–water partition coefficient (Wildman–Crippen LogP) is -2.16. The van der Waals surface area contributed by atoms with E-state index >= 15 is 0 Å². The SMILES string of the molecule is CN(C)S(=O)(=O)/N=c1\sc(S(N)(=O)=O)nn1C. The van der Waals surface area contributed by atoms with Crippen LogP contribution in [0.2, 0.25) is 0 Å². The molecule has 12 heteroatoms. The molecule has 0 aromatic carbocycles. The largest absolute Gasteiger partial charge is 0.324 e. The number of aromatic nitrogens is 2. The second-order valence-corrected chi connectivity index (χ2v) is 7.67. The molecule has 98 valence electrons. The highest BCUT2D eigenvalue weighted by Gasteiger charge is 2.17. The average Bonchev–Trinajstić information content (AvgIpc) is 2.46. The van der Waals surface area contributed by atoms with Crippen molar-refractivity contribution in [2.45, 2.75) is 4.34 Å². The Morgan fingerprint density at radius 2 is 1.88 bits per heavy atom. The topological polar surface area (TPSA) is 128 Å². The van der Waals surface area contributed by atoms with E-state index in [0.717, 1.165) is 8.99 Å². The van der Waals surface area contributed by atoms with Crippen LogP contribution in [-0.4, -0.2) is 45.0 Å². The van der Waals surface area contributed by atoms with Crippen molar-refractivity contribution in [3.8, 4) is 0 Å².